The van der Waals surface area contributed by atoms with E-state index in [1.807, 2.05) is 30.3 Å². The van der Waals surface area contributed by atoms with E-state index in [2.05, 4.69) is 22.0 Å². The molecule has 0 amide bonds. The van der Waals surface area contributed by atoms with Gasteiger partial charge in [-0.3, -0.25) is 0 Å². The molecular weight excluding hydrogens is 426 g/mol. The normalized spacial score (nSPS) is 14.4. The van der Waals surface area contributed by atoms with Crippen LogP contribution in [-0.2, 0) is 17.1 Å². The minimum atomic E-state index is -0.831. The van der Waals surface area contributed by atoms with Crippen molar-refractivity contribution in [3.63, 3.8) is 0 Å². The summed E-state index contributed by atoms with van der Waals surface area (Å²) >= 11 is 0. The molecule has 0 fully saturated rings. The predicted molar refractivity (Wildman–Crippen MR) is 111 cm³/mol. The fraction of sp³-hybridized carbons (Fsp3) is 0.727. The minimum Gasteiger partial charge on any atom is -0.853 e. The van der Waals surface area contributed by atoms with Crippen molar-refractivity contribution in [3.05, 3.63) is 35.6 Å². The third-order valence-corrected chi connectivity index (χ3v) is 4.39. The molecule has 0 heterocycles. The molecule has 0 saturated heterocycles. The Morgan fingerprint density at radius 3 is 2.10 bits per heavy atom. The molecule has 0 bridgehead atoms. The second-order valence-corrected chi connectivity index (χ2v) is 7.60. The van der Waals surface area contributed by atoms with Crippen LogP contribution in [0, 0.1) is 0 Å². The van der Waals surface area contributed by atoms with Crippen LogP contribution in [0.2, 0.25) is 0 Å². The SMILES string of the molecule is CCCN(CCN(CC[N-]C[C@H](C)[O-])C[C@H](C)[O-])C[C@@H]([O-])COc1ccccc1.[Fe+6]. The molecule has 0 aromatic heterocycles. The van der Waals surface area contributed by atoms with E-state index in [0.717, 1.165) is 19.5 Å². The third kappa shape index (κ3) is 15.2. The number of hydrogen-bond acceptors (Lipinski definition) is 6. The van der Waals surface area contributed by atoms with Gasteiger partial charge in [-0.05, 0) is 44.7 Å². The molecule has 0 aliphatic rings. The second-order valence-electron chi connectivity index (χ2n) is 7.60. The molecular formula is C22H37FeN3O4+2. The largest absolute Gasteiger partial charge is 6.00 e. The van der Waals surface area contributed by atoms with E-state index in [1.54, 1.807) is 13.8 Å². The molecule has 0 radical (unpaired) electrons. The average Bonchev–Trinajstić information content (AvgIpc) is 2.68. The number of nitrogens with zero attached hydrogens (tertiary/aromatic N) is 3. The number of rotatable bonds is 17. The summed E-state index contributed by atoms with van der Waals surface area (Å²) in [5.74, 6) is 0.710. The summed E-state index contributed by atoms with van der Waals surface area (Å²) in [6.07, 6.45) is -1.24. The molecule has 1 rings (SSSR count). The van der Waals surface area contributed by atoms with Crippen molar-refractivity contribution in [2.45, 2.75) is 45.5 Å². The quantitative estimate of drug-likeness (QED) is 0.232. The van der Waals surface area contributed by atoms with Gasteiger partial charge < -0.3 is 35.2 Å². The molecule has 3 atom stereocenters. The summed E-state index contributed by atoms with van der Waals surface area (Å²) < 4.78 is 5.58. The maximum absolute atomic E-state index is 12.4. The Morgan fingerprint density at radius 1 is 0.900 bits per heavy atom. The van der Waals surface area contributed by atoms with Gasteiger partial charge in [-0.1, -0.05) is 45.1 Å². The maximum Gasteiger partial charge on any atom is 6.00 e. The summed E-state index contributed by atoms with van der Waals surface area (Å²) in [7, 11) is 0. The molecule has 8 heteroatoms. The first-order valence-electron chi connectivity index (χ1n) is 10.6. The van der Waals surface area contributed by atoms with Gasteiger partial charge in [-0.15, -0.1) is 18.8 Å². The smallest absolute Gasteiger partial charge is 0.853 e. The van der Waals surface area contributed by atoms with Gasteiger partial charge in [0.2, 0.25) is 0 Å². The molecule has 1 aromatic rings. The zero-order valence-electron chi connectivity index (χ0n) is 18.5. The summed E-state index contributed by atoms with van der Waals surface area (Å²) in [5.41, 5.74) is 0. The van der Waals surface area contributed by atoms with E-state index < -0.39 is 18.3 Å². The zero-order chi connectivity index (χ0) is 21.5. The zero-order valence-corrected chi connectivity index (χ0v) is 19.6. The molecule has 0 aliphatic heterocycles. The third-order valence-electron chi connectivity index (χ3n) is 4.39. The van der Waals surface area contributed by atoms with E-state index in [4.69, 9.17) is 4.74 Å². The van der Waals surface area contributed by atoms with Crippen LogP contribution in [0.5, 0.6) is 5.75 Å². The van der Waals surface area contributed by atoms with E-state index in [9.17, 15) is 15.3 Å². The van der Waals surface area contributed by atoms with Gasteiger partial charge in [0.25, 0.3) is 0 Å². The van der Waals surface area contributed by atoms with Crippen LogP contribution < -0.4 is 20.1 Å². The Kier molecular flexibility index (Phi) is 17.5. The minimum absolute atomic E-state index is 0. The van der Waals surface area contributed by atoms with Gasteiger partial charge >= 0.3 is 17.1 Å². The van der Waals surface area contributed by atoms with Crippen molar-refractivity contribution >= 4 is 0 Å². The van der Waals surface area contributed by atoms with Crippen molar-refractivity contribution in [2.75, 3.05) is 59.0 Å². The maximum atomic E-state index is 12.4. The molecule has 0 N–H and O–H groups in total. The van der Waals surface area contributed by atoms with Gasteiger partial charge in [0.1, 0.15) is 5.75 Å². The Balaban J connectivity index is 0.00000841. The van der Waals surface area contributed by atoms with Gasteiger partial charge in [0, 0.05) is 13.1 Å². The Bertz CT molecular complexity index is 508. The first-order chi connectivity index (χ1) is 13.9. The topological polar surface area (TPSA) is 99.0 Å². The fourth-order valence-electron chi connectivity index (χ4n) is 3.08. The predicted octanol–water partition coefficient (Wildman–Crippen LogP) is -0.323. The number of para-hydroxylation sites is 1. The Hall–Kier alpha value is -0.701. The van der Waals surface area contributed by atoms with Crippen LogP contribution in [0.4, 0.5) is 0 Å². The summed E-state index contributed by atoms with van der Waals surface area (Å²) in [6.45, 7) is 10.1. The molecule has 0 aliphatic carbocycles. The van der Waals surface area contributed by atoms with Crippen LogP contribution in [0.1, 0.15) is 27.2 Å². The Labute approximate surface area is 192 Å². The van der Waals surface area contributed by atoms with Crippen molar-refractivity contribution in [3.8, 4) is 5.75 Å². The molecule has 0 spiro atoms. The van der Waals surface area contributed by atoms with Crippen molar-refractivity contribution in [1.82, 2.24) is 9.80 Å². The standard InChI is InChI=1S/C22H37N3O4.Fe/c1-4-11-24(17-21(28)18-29-22-8-6-5-7-9-22)13-14-25(16-20(3)27)12-10-23-15-19(2)26;/h5-9,19-21H,4,10-18H2,1-3H3;/q-4;+6/t19-,20-,21+;/m0./s1. The van der Waals surface area contributed by atoms with Gasteiger partial charge in [-0.25, -0.2) is 0 Å². The van der Waals surface area contributed by atoms with Gasteiger partial charge in [0.05, 0.1) is 6.61 Å². The molecule has 0 unspecified atom stereocenters. The summed E-state index contributed by atoms with van der Waals surface area (Å²) in [5, 5.41) is 39.4. The summed E-state index contributed by atoms with van der Waals surface area (Å²) in [4.78, 5) is 4.23. The molecule has 0 saturated carbocycles. The Morgan fingerprint density at radius 2 is 1.53 bits per heavy atom. The van der Waals surface area contributed by atoms with Crippen LogP contribution >= 0.6 is 0 Å². The van der Waals surface area contributed by atoms with Crippen molar-refractivity contribution in [1.29, 1.82) is 0 Å². The van der Waals surface area contributed by atoms with Crippen molar-refractivity contribution < 1.29 is 37.1 Å². The van der Waals surface area contributed by atoms with Crippen LogP contribution in [0.25, 0.3) is 5.32 Å². The van der Waals surface area contributed by atoms with Crippen molar-refractivity contribution in [2.24, 2.45) is 0 Å². The van der Waals surface area contributed by atoms with E-state index in [-0.39, 0.29) is 23.7 Å². The number of ether oxygens (including phenoxy) is 1. The van der Waals surface area contributed by atoms with Crippen LogP contribution in [0.15, 0.2) is 30.3 Å². The first-order valence-corrected chi connectivity index (χ1v) is 10.6. The van der Waals surface area contributed by atoms with Crippen LogP contribution in [0.3, 0.4) is 0 Å². The van der Waals surface area contributed by atoms with Crippen LogP contribution in [-0.4, -0.2) is 87.1 Å². The molecule has 30 heavy (non-hydrogen) atoms. The monoisotopic (exact) mass is 463 g/mol. The average molecular weight is 463 g/mol. The molecule has 7 nitrogen and oxygen atoms in total. The first kappa shape index (κ1) is 29.3. The second kappa shape index (κ2) is 17.9. The van der Waals surface area contributed by atoms with Gasteiger partial charge in [0.15, 0.2) is 0 Å². The van der Waals surface area contributed by atoms with E-state index in [1.165, 1.54) is 0 Å². The number of hydrogen-bond donors (Lipinski definition) is 0. The van der Waals surface area contributed by atoms with E-state index >= 15 is 0 Å². The van der Waals surface area contributed by atoms with Gasteiger partial charge in [-0.2, -0.15) is 6.54 Å². The fourth-order valence-corrected chi connectivity index (χ4v) is 3.08. The molecule has 1 aromatic carbocycles. The summed E-state index contributed by atoms with van der Waals surface area (Å²) in [6, 6.07) is 9.37. The van der Waals surface area contributed by atoms with E-state index in [0.29, 0.717) is 45.0 Å². The number of benzene rings is 1. The molecule has 170 valence electrons.